The number of amides is 2. The molecule has 1 aromatic heterocycles. The number of anilines is 3. The predicted octanol–water partition coefficient (Wildman–Crippen LogP) is 2.21. The zero-order valence-corrected chi connectivity index (χ0v) is 15.1. The molecule has 1 saturated heterocycles. The van der Waals surface area contributed by atoms with Crippen molar-refractivity contribution in [2.24, 2.45) is 0 Å². The second kappa shape index (κ2) is 7.19. The fraction of sp³-hybridized carbons (Fsp3) is 0.421. The van der Waals surface area contributed by atoms with Gasteiger partial charge in [-0.3, -0.25) is 0 Å². The van der Waals surface area contributed by atoms with E-state index in [4.69, 9.17) is 0 Å². The van der Waals surface area contributed by atoms with Crippen LogP contribution in [0.25, 0.3) is 0 Å². The van der Waals surface area contributed by atoms with Gasteiger partial charge < -0.3 is 20.0 Å². The van der Waals surface area contributed by atoms with Gasteiger partial charge in [0.2, 0.25) is 0 Å². The molecule has 2 amide bonds. The first kappa shape index (κ1) is 16.6. The molecular formula is C19H24N6O. The molecule has 7 heteroatoms. The summed E-state index contributed by atoms with van der Waals surface area (Å²) in [4.78, 5) is 19.0. The van der Waals surface area contributed by atoms with Gasteiger partial charge in [-0.2, -0.15) is 5.10 Å². The lowest BCUT2D eigenvalue weighted by molar-refractivity contribution is 0.215. The van der Waals surface area contributed by atoms with Crippen LogP contribution in [0.2, 0.25) is 0 Å². The molecule has 0 atom stereocenters. The number of hydrogen-bond donors (Lipinski definition) is 1. The first-order chi connectivity index (χ1) is 12.7. The Morgan fingerprint density at radius 2 is 2.04 bits per heavy atom. The molecule has 2 aromatic rings. The van der Waals surface area contributed by atoms with Crippen LogP contribution < -0.4 is 15.1 Å². The van der Waals surface area contributed by atoms with E-state index in [1.165, 1.54) is 11.3 Å². The van der Waals surface area contributed by atoms with E-state index in [1.807, 2.05) is 23.1 Å². The fourth-order valence-corrected chi connectivity index (χ4v) is 3.63. The van der Waals surface area contributed by atoms with E-state index in [2.05, 4.69) is 44.5 Å². The van der Waals surface area contributed by atoms with Crippen molar-refractivity contribution in [3.63, 3.8) is 0 Å². The van der Waals surface area contributed by atoms with E-state index >= 15 is 0 Å². The van der Waals surface area contributed by atoms with Crippen LogP contribution in [0.1, 0.15) is 12.0 Å². The average Bonchev–Trinajstić information content (AvgIpc) is 2.88. The maximum Gasteiger partial charge on any atom is 0.321 e. The Balaban J connectivity index is 1.39. The number of likely N-dealkylation sites (N-methyl/N-ethyl adjacent to an activating group) is 1. The van der Waals surface area contributed by atoms with Crippen LogP contribution in [0.5, 0.6) is 0 Å². The molecule has 26 heavy (non-hydrogen) atoms. The van der Waals surface area contributed by atoms with Crippen molar-refractivity contribution >= 4 is 23.2 Å². The lowest BCUT2D eigenvalue weighted by Gasteiger charge is -2.23. The Morgan fingerprint density at radius 3 is 2.88 bits per heavy atom. The zero-order valence-electron chi connectivity index (χ0n) is 15.1. The number of hydrogen-bond acceptors (Lipinski definition) is 5. The highest BCUT2D eigenvalue weighted by Crippen LogP contribution is 2.29. The van der Waals surface area contributed by atoms with Gasteiger partial charge in [-0.25, -0.2) is 4.79 Å². The minimum Gasteiger partial charge on any atom is -0.374 e. The highest BCUT2D eigenvalue weighted by atomic mass is 16.2. The number of nitrogens with zero attached hydrogens (tertiary/aromatic N) is 5. The monoisotopic (exact) mass is 352 g/mol. The van der Waals surface area contributed by atoms with E-state index in [0.29, 0.717) is 6.54 Å². The molecule has 0 unspecified atom stereocenters. The molecular weight excluding hydrogens is 328 g/mol. The number of carbonyl (C=O) groups excluding carboxylic acids is 1. The van der Waals surface area contributed by atoms with Crippen molar-refractivity contribution in [2.45, 2.75) is 12.8 Å². The summed E-state index contributed by atoms with van der Waals surface area (Å²) in [6.07, 6.45) is 3.66. The molecule has 1 N–H and O–H groups in total. The molecule has 0 spiro atoms. The third-order valence-electron chi connectivity index (χ3n) is 5.13. The molecule has 1 fully saturated rings. The maximum atomic E-state index is 12.7. The molecule has 3 heterocycles. The summed E-state index contributed by atoms with van der Waals surface area (Å²) < 4.78 is 0. The Kier molecular flexibility index (Phi) is 4.60. The number of rotatable bonds is 2. The second-order valence-corrected chi connectivity index (χ2v) is 6.85. The quantitative estimate of drug-likeness (QED) is 0.898. The van der Waals surface area contributed by atoms with Gasteiger partial charge in [0.1, 0.15) is 0 Å². The van der Waals surface area contributed by atoms with E-state index < -0.39 is 0 Å². The van der Waals surface area contributed by atoms with E-state index in [0.717, 1.165) is 50.5 Å². The second-order valence-electron chi connectivity index (χ2n) is 6.85. The lowest BCUT2D eigenvalue weighted by Crippen LogP contribution is -2.38. The zero-order chi connectivity index (χ0) is 17.9. The minimum atomic E-state index is -0.0356. The van der Waals surface area contributed by atoms with E-state index in [-0.39, 0.29) is 6.03 Å². The highest BCUT2D eigenvalue weighted by molar-refractivity contribution is 5.90. The topological polar surface area (TPSA) is 64.6 Å². The van der Waals surface area contributed by atoms with Gasteiger partial charge in [0.25, 0.3) is 0 Å². The third kappa shape index (κ3) is 3.42. The average molecular weight is 352 g/mol. The van der Waals surface area contributed by atoms with Gasteiger partial charge in [0.15, 0.2) is 5.82 Å². The molecule has 2 aliphatic rings. The van der Waals surface area contributed by atoms with Gasteiger partial charge in [0.05, 0.1) is 0 Å². The van der Waals surface area contributed by atoms with Crippen molar-refractivity contribution in [1.29, 1.82) is 0 Å². The number of carbonyl (C=O) groups is 1. The number of benzene rings is 1. The molecule has 136 valence electrons. The van der Waals surface area contributed by atoms with Crippen LogP contribution in [0.4, 0.5) is 22.0 Å². The molecule has 0 aliphatic carbocycles. The summed E-state index contributed by atoms with van der Waals surface area (Å²) in [7, 11) is 2.09. The van der Waals surface area contributed by atoms with Gasteiger partial charge in [-0.05, 0) is 42.7 Å². The SMILES string of the molecule is CN1CCc2ccc(NC(=O)N3CCCN(c4cccnn4)CC3)cc21. The largest absolute Gasteiger partial charge is 0.374 e. The van der Waals surface area contributed by atoms with Crippen LogP contribution in [-0.2, 0) is 6.42 Å². The Labute approximate surface area is 153 Å². The summed E-state index contributed by atoms with van der Waals surface area (Å²) in [5.41, 5.74) is 3.42. The molecule has 7 nitrogen and oxygen atoms in total. The summed E-state index contributed by atoms with van der Waals surface area (Å²) in [6.45, 7) is 4.10. The fourth-order valence-electron chi connectivity index (χ4n) is 3.63. The van der Waals surface area contributed by atoms with Gasteiger partial charge >= 0.3 is 6.03 Å². The Hall–Kier alpha value is -2.83. The van der Waals surface area contributed by atoms with Crippen LogP contribution in [-0.4, -0.2) is 60.9 Å². The molecule has 0 saturated carbocycles. The summed E-state index contributed by atoms with van der Waals surface area (Å²) in [5, 5.41) is 11.2. The molecule has 2 aliphatic heterocycles. The summed E-state index contributed by atoms with van der Waals surface area (Å²) in [5.74, 6) is 0.872. The van der Waals surface area contributed by atoms with Crippen molar-refractivity contribution in [1.82, 2.24) is 15.1 Å². The molecule has 1 aromatic carbocycles. The third-order valence-corrected chi connectivity index (χ3v) is 5.13. The van der Waals surface area contributed by atoms with Crippen LogP contribution in [0, 0.1) is 0 Å². The van der Waals surface area contributed by atoms with Gasteiger partial charge in [0, 0.05) is 57.3 Å². The number of fused-ring (bicyclic) bond motifs is 1. The Bertz CT molecular complexity index is 781. The van der Waals surface area contributed by atoms with Gasteiger partial charge in [-0.15, -0.1) is 5.10 Å². The van der Waals surface area contributed by atoms with E-state index in [1.54, 1.807) is 6.20 Å². The minimum absolute atomic E-state index is 0.0356. The summed E-state index contributed by atoms with van der Waals surface area (Å²) >= 11 is 0. The molecule has 0 radical (unpaired) electrons. The first-order valence-electron chi connectivity index (χ1n) is 9.13. The normalized spacial score (nSPS) is 17.0. The lowest BCUT2D eigenvalue weighted by atomic mass is 10.1. The number of aromatic nitrogens is 2. The first-order valence-corrected chi connectivity index (χ1v) is 9.13. The van der Waals surface area contributed by atoms with E-state index in [9.17, 15) is 4.79 Å². The standard InChI is InChI=1S/C19H24N6O/c1-23-11-7-15-5-6-16(14-17(15)23)21-19(26)25-10-3-9-24(12-13-25)18-4-2-8-20-22-18/h2,4-6,8,14H,3,7,9-13H2,1H3,(H,21,26). The maximum absolute atomic E-state index is 12.7. The number of nitrogens with one attached hydrogen (secondary N) is 1. The van der Waals surface area contributed by atoms with Crippen LogP contribution in [0.15, 0.2) is 36.5 Å². The van der Waals surface area contributed by atoms with Crippen molar-refractivity contribution in [3.8, 4) is 0 Å². The molecule has 0 bridgehead atoms. The van der Waals surface area contributed by atoms with Crippen molar-refractivity contribution < 1.29 is 4.79 Å². The molecule has 4 rings (SSSR count). The summed E-state index contributed by atoms with van der Waals surface area (Å²) in [6, 6.07) is 10.0. The highest BCUT2D eigenvalue weighted by Gasteiger charge is 2.21. The Morgan fingerprint density at radius 1 is 1.12 bits per heavy atom. The number of urea groups is 1. The van der Waals surface area contributed by atoms with Crippen molar-refractivity contribution in [2.75, 3.05) is 54.9 Å². The van der Waals surface area contributed by atoms with Crippen LogP contribution in [0.3, 0.4) is 0 Å². The van der Waals surface area contributed by atoms with Crippen molar-refractivity contribution in [3.05, 3.63) is 42.1 Å². The predicted molar refractivity (Wildman–Crippen MR) is 103 cm³/mol. The smallest absolute Gasteiger partial charge is 0.321 e. The van der Waals surface area contributed by atoms with Gasteiger partial charge in [-0.1, -0.05) is 6.07 Å². The van der Waals surface area contributed by atoms with Crippen LogP contribution >= 0.6 is 0 Å².